The van der Waals surface area contributed by atoms with Crippen LogP contribution < -0.4 is 10.6 Å². The fraction of sp³-hybridized carbons (Fsp3) is 0.231. The maximum absolute atomic E-state index is 13.3. The van der Waals surface area contributed by atoms with Gasteiger partial charge in [0.2, 0.25) is 11.8 Å². The third-order valence-electron chi connectivity index (χ3n) is 5.52. The number of aryl methyl sites for hydroxylation is 2. The van der Waals surface area contributed by atoms with Gasteiger partial charge in [0.15, 0.2) is 0 Å². The highest BCUT2D eigenvalue weighted by molar-refractivity contribution is 6.31. The van der Waals surface area contributed by atoms with Crippen molar-refractivity contribution in [2.45, 2.75) is 26.8 Å². The normalized spacial score (nSPS) is 11.8. The molecule has 3 rings (SSSR count). The topological polar surface area (TPSA) is 61.4 Å². The summed E-state index contributed by atoms with van der Waals surface area (Å²) in [5.41, 5.74) is 5.25. The highest BCUT2D eigenvalue weighted by Gasteiger charge is 2.27. The molecule has 1 atom stereocenters. The summed E-state index contributed by atoms with van der Waals surface area (Å²) in [6.07, 6.45) is 0. The van der Waals surface area contributed by atoms with Crippen LogP contribution in [0.25, 0.3) is 0 Å². The maximum atomic E-state index is 13.3. The van der Waals surface area contributed by atoms with Gasteiger partial charge >= 0.3 is 0 Å². The first-order chi connectivity index (χ1) is 15.3. The van der Waals surface area contributed by atoms with Crippen molar-refractivity contribution in [3.8, 4) is 0 Å². The second kappa shape index (κ2) is 10.4. The number of nitrogens with zero attached hydrogens (tertiary/aromatic N) is 1. The third-order valence-corrected chi connectivity index (χ3v) is 5.92. The van der Waals surface area contributed by atoms with Crippen molar-refractivity contribution in [1.29, 1.82) is 0 Å². The van der Waals surface area contributed by atoms with Crippen molar-refractivity contribution in [3.05, 3.63) is 94.0 Å². The van der Waals surface area contributed by atoms with Crippen molar-refractivity contribution in [1.82, 2.24) is 4.90 Å². The van der Waals surface area contributed by atoms with E-state index >= 15 is 0 Å². The van der Waals surface area contributed by atoms with E-state index in [4.69, 9.17) is 11.6 Å². The van der Waals surface area contributed by atoms with Gasteiger partial charge in [-0.2, -0.15) is 0 Å². The molecule has 3 aromatic carbocycles. The number of carbonyl (C=O) groups is 2. The molecule has 2 N–H and O–H groups in total. The Morgan fingerprint density at radius 2 is 1.62 bits per heavy atom. The molecule has 0 heterocycles. The molecule has 6 heteroatoms. The lowest BCUT2D eigenvalue weighted by atomic mass is 10.0. The number of carbonyl (C=O) groups excluding carboxylic acids is 2. The van der Waals surface area contributed by atoms with Crippen LogP contribution in [-0.4, -0.2) is 30.3 Å². The second-order valence-electron chi connectivity index (χ2n) is 7.98. The number of hydrogen-bond donors (Lipinski definition) is 2. The molecule has 0 spiro atoms. The van der Waals surface area contributed by atoms with Gasteiger partial charge in [0.25, 0.3) is 0 Å². The molecular formula is C26H28ClN3O2. The Hall–Kier alpha value is -3.15. The minimum Gasteiger partial charge on any atom is -0.325 e. The number of anilines is 2. The van der Waals surface area contributed by atoms with Crippen LogP contribution in [0.2, 0.25) is 5.02 Å². The monoisotopic (exact) mass is 449 g/mol. The molecule has 5 nitrogen and oxygen atoms in total. The molecule has 0 fully saturated rings. The highest BCUT2D eigenvalue weighted by Crippen LogP contribution is 2.25. The predicted molar refractivity (Wildman–Crippen MR) is 131 cm³/mol. The number of hydrogen-bond acceptors (Lipinski definition) is 3. The molecule has 0 unspecified atom stereocenters. The average molecular weight is 450 g/mol. The van der Waals surface area contributed by atoms with Gasteiger partial charge in [-0.05, 0) is 68.3 Å². The van der Waals surface area contributed by atoms with Crippen molar-refractivity contribution in [2.75, 3.05) is 24.2 Å². The summed E-state index contributed by atoms with van der Waals surface area (Å²) in [5, 5.41) is 6.48. The van der Waals surface area contributed by atoms with Gasteiger partial charge in [-0.1, -0.05) is 60.1 Å². The SMILES string of the molecule is Cc1ccc(NC(=O)[C@H](c2ccccc2)N(C)CC(=O)Nc2cccc(C)c2C)cc1Cl. The highest BCUT2D eigenvalue weighted by atomic mass is 35.5. The molecule has 0 saturated carbocycles. The van der Waals surface area contributed by atoms with E-state index in [0.29, 0.717) is 10.7 Å². The van der Waals surface area contributed by atoms with Crippen LogP contribution in [0.4, 0.5) is 11.4 Å². The Morgan fingerprint density at radius 1 is 0.906 bits per heavy atom. The lowest BCUT2D eigenvalue weighted by Crippen LogP contribution is -2.39. The summed E-state index contributed by atoms with van der Waals surface area (Å²) in [6.45, 7) is 5.93. The van der Waals surface area contributed by atoms with E-state index in [1.54, 1.807) is 18.0 Å². The summed E-state index contributed by atoms with van der Waals surface area (Å²) in [7, 11) is 1.77. The zero-order valence-electron chi connectivity index (χ0n) is 18.8. The van der Waals surface area contributed by atoms with Gasteiger partial charge in [-0.15, -0.1) is 0 Å². The Morgan fingerprint density at radius 3 is 2.31 bits per heavy atom. The standard InChI is InChI=1S/C26H28ClN3O2/c1-17-9-8-12-23(19(17)3)29-24(31)16-30(4)25(20-10-6-5-7-11-20)26(32)28-21-14-13-18(2)22(27)15-21/h5-15,25H,16H2,1-4H3,(H,28,32)(H,29,31)/t25-/m0/s1. The van der Waals surface area contributed by atoms with Gasteiger partial charge in [0.1, 0.15) is 6.04 Å². The largest absolute Gasteiger partial charge is 0.325 e. The zero-order valence-corrected chi connectivity index (χ0v) is 19.5. The van der Waals surface area contributed by atoms with Crippen LogP contribution in [0.15, 0.2) is 66.7 Å². The van der Waals surface area contributed by atoms with Crippen molar-refractivity contribution < 1.29 is 9.59 Å². The molecule has 0 aliphatic heterocycles. The summed E-state index contributed by atoms with van der Waals surface area (Å²) in [6, 6.07) is 19.9. The van der Waals surface area contributed by atoms with Crippen molar-refractivity contribution >= 4 is 34.8 Å². The van der Waals surface area contributed by atoms with E-state index in [1.165, 1.54) is 0 Å². The smallest absolute Gasteiger partial charge is 0.246 e. The summed E-state index contributed by atoms with van der Waals surface area (Å²) in [4.78, 5) is 27.8. The van der Waals surface area contributed by atoms with Gasteiger partial charge < -0.3 is 10.6 Å². The molecule has 3 aromatic rings. The molecule has 0 bridgehead atoms. The second-order valence-corrected chi connectivity index (χ2v) is 8.38. The van der Waals surface area contributed by atoms with Crippen molar-refractivity contribution in [2.24, 2.45) is 0 Å². The Labute approximate surface area is 194 Å². The molecule has 0 aliphatic carbocycles. The average Bonchev–Trinajstić information content (AvgIpc) is 2.75. The van der Waals surface area contributed by atoms with Gasteiger partial charge in [0.05, 0.1) is 6.54 Å². The molecule has 0 saturated heterocycles. The van der Waals surface area contributed by atoms with Gasteiger partial charge in [-0.3, -0.25) is 14.5 Å². The van der Waals surface area contributed by atoms with E-state index in [0.717, 1.165) is 27.9 Å². The number of amides is 2. The quantitative estimate of drug-likeness (QED) is 0.499. The van der Waals surface area contributed by atoms with E-state index in [2.05, 4.69) is 10.6 Å². The summed E-state index contributed by atoms with van der Waals surface area (Å²) >= 11 is 6.21. The first-order valence-corrected chi connectivity index (χ1v) is 10.8. The molecular weight excluding hydrogens is 422 g/mol. The summed E-state index contributed by atoms with van der Waals surface area (Å²) < 4.78 is 0. The maximum Gasteiger partial charge on any atom is 0.246 e. The lowest BCUT2D eigenvalue weighted by Gasteiger charge is -2.27. The van der Waals surface area contributed by atoms with Gasteiger partial charge in [0, 0.05) is 16.4 Å². The Balaban J connectivity index is 1.78. The van der Waals surface area contributed by atoms with E-state index in [9.17, 15) is 9.59 Å². The number of likely N-dealkylation sites (N-methyl/N-ethyl adjacent to an activating group) is 1. The molecule has 2 amide bonds. The first-order valence-electron chi connectivity index (χ1n) is 10.4. The van der Waals surface area contributed by atoms with Crippen LogP contribution in [0, 0.1) is 20.8 Å². The lowest BCUT2D eigenvalue weighted by molar-refractivity contribution is -0.123. The molecule has 0 aliphatic rings. The Kier molecular flexibility index (Phi) is 7.67. The van der Waals surface area contributed by atoms with E-state index in [1.807, 2.05) is 81.4 Å². The molecule has 0 radical (unpaired) electrons. The molecule has 0 aromatic heterocycles. The minimum absolute atomic E-state index is 0.0506. The minimum atomic E-state index is -0.652. The van der Waals surface area contributed by atoms with E-state index in [-0.39, 0.29) is 18.4 Å². The number of rotatable bonds is 7. The van der Waals surface area contributed by atoms with Crippen LogP contribution in [0.3, 0.4) is 0 Å². The van der Waals surface area contributed by atoms with Crippen LogP contribution >= 0.6 is 11.6 Å². The third kappa shape index (κ3) is 5.75. The number of benzene rings is 3. The fourth-order valence-corrected chi connectivity index (χ4v) is 3.70. The summed E-state index contributed by atoms with van der Waals surface area (Å²) in [5.74, 6) is -0.425. The first kappa shape index (κ1) is 23.5. The number of nitrogens with one attached hydrogen (secondary N) is 2. The Bertz CT molecular complexity index is 1120. The molecule has 166 valence electrons. The fourth-order valence-electron chi connectivity index (χ4n) is 3.52. The van der Waals surface area contributed by atoms with Crippen LogP contribution in [0.1, 0.15) is 28.3 Å². The van der Waals surface area contributed by atoms with Crippen LogP contribution in [-0.2, 0) is 9.59 Å². The van der Waals surface area contributed by atoms with Crippen molar-refractivity contribution in [3.63, 3.8) is 0 Å². The molecule has 32 heavy (non-hydrogen) atoms. The number of halogens is 1. The zero-order chi connectivity index (χ0) is 23.3. The van der Waals surface area contributed by atoms with Gasteiger partial charge in [-0.25, -0.2) is 0 Å². The van der Waals surface area contributed by atoms with E-state index < -0.39 is 6.04 Å². The predicted octanol–water partition coefficient (Wildman–Crippen LogP) is 5.52. The van der Waals surface area contributed by atoms with Crippen LogP contribution in [0.5, 0.6) is 0 Å².